The van der Waals surface area contributed by atoms with Gasteiger partial charge in [0.05, 0.1) is 10.7 Å². The van der Waals surface area contributed by atoms with E-state index in [4.69, 9.17) is 0 Å². The summed E-state index contributed by atoms with van der Waals surface area (Å²) in [5.74, 6) is 0.00725. The molecule has 0 spiro atoms. The number of nitrogens with zero attached hydrogens (tertiary/aromatic N) is 2. The molecule has 0 atom stereocenters. The second-order valence-corrected chi connectivity index (χ2v) is 5.11. The van der Waals surface area contributed by atoms with Gasteiger partial charge in [0.25, 0.3) is 0 Å². The van der Waals surface area contributed by atoms with Crippen molar-refractivity contribution >= 4 is 21.7 Å². The molecule has 0 saturated heterocycles. The molecular weight excluding hydrogens is 292 g/mol. The number of halogens is 1. The Balaban J connectivity index is 2.39. The van der Waals surface area contributed by atoms with E-state index in [2.05, 4.69) is 28.0 Å². The smallest absolute Gasteiger partial charge is 0.212 e. The maximum atomic E-state index is 12.4. The summed E-state index contributed by atoms with van der Waals surface area (Å²) < 4.78 is 2.51. The van der Waals surface area contributed by atoms with Crippen LogP contribution in [0.1, 0.15) is 35.0 Å². The van der Waals surface area contributed by atoms with E-state index in [-0.39, 0.29) is 5.78 Å². The van der Waals surface area contributed by atoms with Crippen molar-refractivity contribution in [2.75, 3.05) is 0 Å². The summed E-state index contributed by atoms with van der Waals surface area (Å²) in [5, 5.41) is 4.22. The van der Waals surface area contributed by atoms with Gasteiger partial charge in [-0.25, -0.2) is 0 Å². The van der Waals surface area contributed by atoms with Gasteiger partial charge in [-0.2, -0.15) is 5.10 Å². The molecule has 3 nitrogen and oxygen atoms in total. The van der Waals surface area contributed by atoms with Crippen LogP contribution in [0.3, 0.4) is 0 Å². The van der Waals surface area contributed by atoms with Gasteiger partial charge in [0, 0.05) is 12.1 Å². The summed E-state index contributed by atoms with van der Waals surface area (Å²) in [6.45, 7) is 4.82. The van der Waals surface area contributed by atoms with Crippen molar-refractivity contribution in [2.45, 2.75) is 26.8 Å². The highest BCUT2D eigenvalue weighted by Gasteiger charge is 2.18. The number of hydrogen-bond acceptors (Lipinski definition) is 2. The number of aromatic nitrogens is 2. The Morgan fingerprint density at radius 2 is 2.00 bits per heavy atom. The summed E-state index contributed by atoms with van der Waals surface area (Å²) in [6, 6.07) is 7.60. The SMILES string of the molecule is CCCn1ncc(Br)c1C(=O)c1ccc(C)cc1. The first-order valence-corrected chi connectivity index (χ1v) is 6.75. The molecule has 2 rings (SSSR count). The highest BCUT2D eigenvalue weighted by Crippen LogP contribution is 2.20. The lowest BCUT2D eigenvalue weighted by Crippen LogP contribution is -2.12. The van der Waals surface area contributed by atoms with Gasteiger partial charge < -0.3 is 0 Å². The Labute approximate surface area is 115 Å². The van der Waals surface area contributed by atoms with Crippen molar-refractivity contribution < 1.29 is 4.79 Å². The molecule has 0 fully saturated rings. The van der Waals surface area contributed by atoms with E-state index in [1.165, 1.54) is 0 Å². The third kappa shape index (κ3) is 2.53. The molecule has 0 aliphatic heterocycles. The van der Waals surface area contributed by atoms with Crippen molar-refractivity contribution in [3.8, 4) is 0 Å². The highest BCUT2D eigenvalue weighted by molar-refractivity contribution is 9.10. The zero-order chi connectivity index (χ0) is 13.1. The third-order valence-electron chi connectivity index (χ3n) is 2.76. The van der Waals surface area contributed by atoms with Gasteiger partial charge in [0.1, 0.15) is 5.69 Å². The maximum absolute atomic E-state index is 12.4. The van der Waals surface area contributed by atoms with Crippen molar-refractivity contribution in [1.29, 1.82) is 0 Å². The Kier molecular flexibility index (Phi) is 3.97. The molecule has 0 radical (unpaired) electrons. The fourth-order valence-corrected chi connectivity index (χ4v) is 2.29. The molecule has 0 N–H and O–H groups in total. The van der Waals surface area contributed by atoms with Crippen LogP contribution >= 0.6 is 15.9 Å². The second kappa shape index (κ2) is 5.48. The average molecular weight is 307 g/mol. The lowest BCUT2D eigenvalue weighted by Gasteiger charge is -2.06. The Morgan fingerprint density at radius 1 is 1.33 bits per heavy atom. The number of benzene rings is 1. The monoisotopic (exact) mass is 306 g/mol. The van der Waals surface area contributed by atoms with E-state index in [0.29, 0.717) is 11.3 Å². The second-order valence-electron chi connectivity index (χ2n) is 4.26. The molecule has 0 bridgehead atoms. The molecule has 0 unspecified atom stereocenters. The van der Waals surface area contributed by atoms with Crippen LogP contribution in [-0.2, 0) is 6.54 Å². The van der Waals surface area contributed by atoms with Crippen LogP contribution in [0.5, 0.6) is 0 Å². The van der Waals surface area contributed by atoms with Crippen LogP contribution < -0.4 is 0 Å². The molecule has 18 heavy (non-hydrogen) atoms. The standard InChI is InChI=1S/C14H15BrN2O/c1-3-8-17-13(12(15)9-16-17)14(18)11-6-4-10(2)5-7-11/h4-7,9H,3,8H2,1-2H3. The van der Waals surface area contributed by atoms with Gasteiger partial charge in [0.2, 0.25) is 5.78 Å². The fraction of sp³-hybridized carbons (Fsp3) is 0.286. The van der Waals surface area contributed by atoms with Crippen molar-refractivity contribution in [3.63, 3.8) is 0 Å². The number of carbonyl (C=O) groups is 1. The molecule has 0 amide bonds. The van der Waals surface area contributed by atoms with Crippen LogP contribution in [0.25, 0.3) is 0 Å². The number of ketones is 1. The topological polar surface area (TPSA) is 34.9 Å². The largest absolute Gasteiger partial charge is 0.287 e. The maximum Gasteiger partial charge on any atom is 0.212 e. The Bertz CT molecular complexity index is 558. The molecule has 1 aromatic carbocycles. The highest BCUT2D eigenvalue weighted by atomic mass is 79.9. The fourth-order valence-electron chi connectivity index (χ4n) is 1.81. The predicted molar refractivity (Wildman–Crippen MR) is 74.8 cm³/mol. The van der Waals surface area contributed by atoms with E-state index in [1.54, 1.807) is 10.9 Å². The normalized spacial score (nSPS) is 10.6. The summed E-state index contributed by atoms with van der Waals surface area (Å²) in [7, 11) is 0. The number of hydrogen-bond donors (Lipinski definition) is 0. The Hall–Kier alpha value is -1.42. The van der Waals surface area contributed by atoms with Gasteiger partial charge in [-0.15, -0.1) is 0 Å². The Morgan fingerprint density at radius 3 is 2.61 bits per heavy atom. The minimum absolute atomic E-state index is 0.00725. The molecule has 2 aromatic rings. The first-order chi connectivity index (χ1) is 8.63. The summed E-state index contributed by atoms with van der Waals surface area (Å²) in [5.41, 5.74) is 2.47. The predicted octanol–water partition coefficient (Wildman–Crippen LogP) is 3.60. The van der Waals surface area contributed by atoms with Crippen molar-refractivity contribution in [3.05, 3.63) is 51.8 Å². The van der Waals surface area contributed by atoms with Crippen LogP contribution in [0.4, 0.5) is 0 Å². The zero-order valence-electron chi connectivity index (χ0n) is 10.5. The van der Waals surface area contributed by atoms with Crippen LogP contribution in [0, 0.1) is 6.92 Å². The molecular formula is C14H15BrN2O. The molecule has 0 saturated carbocycles. The quantitative estimate of drug-likeness (QED) is 0.809. The molecule has 1 heterocycles. The van der Waals surface area contributed by atoms with Crippen molar-refractivity contribution in [1.82, 2.24) is 9.78 Å². The minimum Gasteiger partial charge on any atom is -0.287 e. The summed E-state index contributed by atoms with van der Waals surface area (Å²) in [6.07, 6.45) is 2.62. The van der Waals surface area contributed by atoms with E-state index in [9.17, 15) is 4.79 Å². The number of aryl methyl sites for hydroxylation is 2. The lowest BCUT2D eigenvalue weighted by molar-refractivity contribution is 0.102. The van der Waals surface area contributed by atoms with Crippen LogP contribution in [0.15, 0.2) is 34.9 Å². The van der Waals surface area contributed by atoms with Crippen LogP contribution in [0.2, 0.25) is 0 Å². The van der Waals surface area contributed by atoms with Gasteiger partial charge in [-0.1, -0.05) is 36.8 Å². The van der Waals surface area contributed by atoms with Gasteiger partial charge >= 0.3 is 0 Å². The van der Waals surface area contributed by atoms with Gasteiger partial charge in [0.15, 0.2) is 0 Å². The lowest BCUT2D eigenvalue weighted by atomic mass is 10.1. The van der Waals surface area contributed by atoms with Gasteiger partial charge in [-0.3, -0.25) is 9.48 Å². The van der Waals surface area contributed by atoms with Gasteiger partial charge in [-0.05, 0) is 29.3 Å². The minimum atomic E-state index is 0.00725. The molecule has 1 aromatic heterocycles. The molecule has 0 aliphatic rings. The van der Waals surface area contributed by atoms with E-state index in [0.717, 1.165) is 23.0 Å². The number of rotatable bonds is 4. The molecule has 94 valence electrons. The van der Waals surface area contributed by atoms with Crippen molar-refractivity contribution in [2.24, 2.45) is 0 Å². The van der Waals surface area contributed by atoms with E-state index < -0.39 is 0 Å². The summed E-state index contributed by atoms with van der Waals surface area (Å²) in [4.78, 5) is 12.4. The first-order valence-electron chi connectivity index (χ1n) is 5.96. The molecule has 0 aliphatic carbocycles. The van der Waals surface area contributed by atoms with E-state index >= 15 is 0 Å². The number of carbonyl (C=O) groups excluding carboxylic acids is 1. The van der Waals surface area contributed by atoms with E-state index in [1.807, 2.05) is 31.2 Å². The third-order valence-corrected chi connectivity index (χ3v) is 3.34. The average Bonchev–Trinajstić information content (AvgIpc) is 2.71. The van der Waals surface area contributed by atoms with Crippen LogP contribution in [-0.4, -0.2) is 15.6 Å². The first kappa shape index (κ1) is 13.0. The summed E-state index contributed by atoms with van der Waals surface area (Å²) >= 11 is 3.40. The zero-order valence-corrected chi connectivity index (χ0v) is 12.1. The molecule has 4 heteroatoms.